The van der Waals surface area contributed by atoms with Crippen molar-refractivity contribution in [3.05, 3.63) is 57.0 Å². The van der Waals surface area contributed by atoms with E-state index in [1.165, 1.54) is 18.2 Å². The number of nitrogens with two attached hydrogens (primary N) is 2. The number of nitrogen functional groups attached to an aromatic ring is 2. The van der Waals surface area contributed by atoms with E-state index in [0.717, 1.165) is 17.7 Å². The molecule has 2 heterocycles. The molecule has 0 bridgehead atoms. The van der Waals surface area contributed by atoms with Crippen LogP contribution in [0, 0.1) is 0 Å². The van der Waals surface area contributed by atoms with Gasteiger partial charge in [0.2, 0.25) is 0 Å². The number of esters is 1. The van der Waals surface area contributed by atoms with Crippen LogP contribution in [-0.4, -0.2) is 22.6 Å². The maximum absolute atomic E-state index is 13.1. The number of rotatable bonds is 2. The van der Waals surface area contributed by atoms with Crippen molar-refractivity contribution in [1.29, 1.82) is 0 Å². The highest BCUT2D eigenvalue weighted by Gasteiger charge is 2.34. The van der Waals surface area contributed by atoms with E-state index >= 15 is 0 Å². The minimum Gasteiger partial charge on any atom is -0.465 e. The van der Waals surface area contributed by atoms with Gasteiger partial charge in [-0.25, -0.2) is 9.78 Å². The molecule has 3 aromatic rings. The number of halogens is 4. The molecule has 2 aromatic heterocycles. The molecule has 0 aliphatic heterocycles. The highest BCUT2D eigenvalue weighted by Crippen LogP contribution is 2.32. The van der Waals surface area contributed by atoms with E-state index in [1.807, 2.05) is 0 Å². The minimum absolute atomic E-state index is 0.0251. The molecular formula is C17H12ClF3N4O3. The van der Waals surface area contributed by atoms with Crippen molar-refractivity contribution in [3.63, 3.8) is 0 Å². The number of ether oxygens (including phenoxy) is 1. The van der Waals surface area contributed by atoms with Crippen LogP contribution < -0.4 is 17.0 Å². The third-order valence-corrected chi connectivity index (χ3v) is 4.26. The van der Waals surface area contributed by atoms with E-state index in [1.54, 1.807) is 0 Å². The summed E-state index contributed by atoms with van der Waals surface area (Å²) in [6.07, 6.45) is -4.77. The number of hydrogen-bond acceptors (Lipinski definition) is 6. The monoisotopic (exact) mass is 412 g/mol. The van der Waals surface area contributed by atoms with Crippen molar-refractivity contribution in [2.45, 2.75) is 6.18 Å². The van der Waals surface area contributed by atoms with Crippen LogP contribution in [0.15, 0.2) is 35.1 Å². The van der Waals surface area contributed by atoms with Gasteiger partial charge in [-0.05, 0) is 30.3 Å². The first-order valence-electron chi connectivity index (χ1n) is 7.62. The Hall–Kier alpha value is -3.27. The number of fused-ring (bicyclic) bond motifs is 1. The highest BCUT2D eigenvalue weighted by molar-refractivity contribution is 6.32. The average Bonchev–Trinajstić information content (AvgIpc) is 2.62. The number of carbonyl (C=O) groups excluding carboxylic acids is 1. The predicted molar refractivity (Wildman–Crippen MR) is 97.5 cm³/mol. The van der Waals surface area contributed by atoms with E-state index < -0.39 is 34.6 Å². The maximum atomic E-state index is 13.1. The second-order valence-electron chi connectivity index (χ2n) is 5.70. The summed E-state index contributed by atoms with van der Waals surface area (Å²) in [5.74, 6) is -1.05. The molecule has 0 radical (unpaired) electrons. The Labute approximate surface area is 160 Å². The summed E-state index contributed by atoms with van der Waals surface area (Å²) < 4.78 is 44.8. The lowest BCUT2D eigenvalue weighted by atomic mass is 10.1. The zero-order valence-electron chi connectivity index (χ0n) is 14.2. The molecule has 0 aliphatic rings. The van der Waals surface area contributed by atoms with Crippen molar-refractivity contribution in [1.82, 2.24) is 9.55 Å². The fraction of sp³-hybridized carbons (Fsp3) is 0.118. The summed E-state index contributed by atoms with van der Waals surface area (Å²) >= 11 is 6.13. The van der Waals surface area contributed by atoms with Crippen molar-refractivity contribution >= 4 is 40.0 Å². The van der Waals surface area contributed by atoms with Crippen molar-refractivity contribution in [2.75, 3.05) is 18.6 Å². The Bertz CT molecular complexity index is 1170. The van der Waals surface area contributed by atoms with E-state index in [4.69, 9.17) is 23.1 Å². The van der Waals surface area contributed by atoms with Crippen LogP contribution in [0.1, 0.15) is 16.1 Å². The molecule has 0 saturated carbocycles. The quantitative estimate of drug-likeness (QED) is 0.494. The third kappa shape index (κ3) is 3.11. The van der Waals surface area contributed by atoms with E-state index in [9.17, 15) is 22.8 Å². The molecule has 0 saturated heterocycles. The Morgan fingerprint density at radius 2 is 1.89 bits per heavy atom. The predicted octanol–water partition coefficient (Wildman–Crippen LogP) is 3.01. The zero-order chi connectivity index (χ0) is 20.8. The topological polar surface area (TPSA) is 113 Å². The Morgan fingerprint density at radius 3 is 2.46 bits per heavy atom. The van der Waals surface area contributed by atoms with E-state index in [-0.39, 0.29) is 27.5 Å². The summed E-state index contributed by atoms with van der Waals surface area (Å²) in [6, 6.07) is 5.73. The Morgan fingerprint density at radius 1 is 1.21 bits per heavy atom. The fourth-order valence-corrected chi connectivity index (χ4v) is 2.95. The molecule has 0 fully saturated rings. The van der Waals surface area contributed by atoms with Gasteiger partial charge in [-0.15, -0.1) is 0 Å². The van der Waals surface area contributed by atoms with Gasteiger partial charge < -0.3 is 16.2 Å². The van der Waals surface area contributed by atoms with Gasteiger partial charge in [0.15, 0.2) is 0 Å². The first kappa shape index (κ1) is 19.5. The van der Waals surface area contributed by atoms with Crippen molar-refractivity contribution < 1.29 is 22.7 Å². The highest BCUT2D eigenvalue weighted by atomic mass is 35.5. The summed E-state index contributed by atoms with van der Waals surface area (Å²) in [6.45, 7) is 0. The number of carbonyl (C=O) groups is 1. The standard InChI is InChI=1S/C17H12ClF3N4O3/c1-28-16(27)12-13(23)8-3-5-11(17(19,20)21)24-14(8)25(15(12)26)10-4-2-7(22)6-9(10)18/h2-6H,22-23H2,1H3. The molecule has 0 spiro atoms. The molecule has 7 nitrogen and oxygen atoms in total. The van der Waals surface area contributed by atoms with Gasteiger partial charge >= 0.3 is 12.1 Å². The molecule has 0 amide bonds. The molecule has 11 heteroatoms. The normalized spacial score (nSPS) is 11.6. The molecule has 0 unspecified atom stereocenters. The summed E-state index contributed by atoms with van der Waals surface area (Å²) in [7, 11) is 1.04. The average molecular weight is 413 g/mol. The van der Waals surface area contributed by atoms with Gasteiger partial charge in [0, 0.05) is 11.1 Å². The molecule has 0 atom stereocenters. The van der Waals surface area contributed by atoms with Gasteiger partial charge in [-0.2, -0.15) is 13.2 Å². The van der Waals surface area contributed by atoms with Crippen molar-refractivity contribution in [2.24, 2.45) is 0 Å². The van der Waals surface area contributed by atoms with Crippen LogP contribution in [0.3, 0.4) is 0 Å². The SMILES string of the molecule is COC(=O)c1c(N)c2ccc(C(F)(F)F)nc2n(-c2ccc(N)cc2Cl)c1=O. The smallest absolute Gasteiger partial charge is 0.433 e. The van der Waals surface area contributed by atoms with Crippen LogP contribution in [0.25, 0.3) is 16.7 Å². The fourth-order valence-electron chi connectivity index (χ4n) is 2.67. The summed E-state index contributed by atoms with van der Waals surface area (Å²) in [4.78, 5) is 28.6. The maximum Gasteiger partial charge on any atom is 0.433 e. The molecule has 1 aromatic carbocycles. The summed E-state index contributed by atoms with van der Waals surface area (Å²) in [5, 5.41) is -0.0934. The molecule has 4 N–H and O–H groups in total. The molecular weight excluding hydrogens is 401 g/mol. The molecule has 0 aliphatic carbocycles. The van der Waals surface area contributed by atoms with Gasteiger partial charge in [-0.3, -0.25) is 9.36 Å². The number of aromatic nitrogens is 2. The number of nitrogens with zero attached hydrogens (tertiary/aromatic N) is 2. The third-order valence-electron chi connectivity index (χ3n) is 3.96. The lowest BCUT2D eigenvalue weighted by Gasteiger charge is -2.16. The van der Waals surface area contributed by atoms with Crippen LogP contribution in [-0.2, 0) is 10.9 Å². The number of benzene rings is 1. The Balaban J connectivity index is 2.54. The molecule has 146 valence electrons. The first-order valence-corrected chi connectivity index (χ1v) is 8.00. The number of hydrogen-bond donors (Lipinski definition) is 2. The summed E-state index contributed by atoms with van der Waals surface area (Å²) in [5.41, 5.74) is 8.14. The molecule has 28 heavy (non-hydrogen) atoms. The van der Waals surface area contributed by atoms with Crippen LogP contribution >= 0.6 is 11.6 Å². The number of methoxy groups -OCH3 is 1. The minimum atomic E-state index is -4.77. The second kappa shape index (κ2) is 6.71. The van der Waals surface area contributed by atoms with E-state index in [2.05, 4.69) is 9.72 Å². The zero-order valence-corrected chi connectivity index (χ0v) is 14.9. The molecule has 3 rings (SSSR count). The lowest BCUT2D eigenvalue weighted by molar-refractivity contribution is -0.141. The number of alkyl halides is 3. The van der Waals surface area contributed by atoms with Gasteiger partial charge in [0.25, 0.3) is 5.56 Å². The number of pyridine rings is 2. The van der Waals surface area contributed by atoms with Crippen LogP contribution in [0.2, 0.25) is 5.02 Å². The van der Waals surface area contributed by atoms with E-state index in [0.29, 0.717) is 6.07 Å². The van der Waals surface area contributed by atoms with Crippen LogP contribution in [0.4, 0.5) is 24.5 Å². The first-order chi connectivity index (χ1) is 13.1. The van der Waals surface area contributed by atoms with Gasteiger partial charge in [0.05, 0.1) is 23.5 Å². The number of anilines is 2. The van der Waals surface area contributed by atoms with Crippen LogP contribution in [0.5, 0.6) is 0 Å². The van der Waals surface area contributed by atoms with Gasteiger partial charge in [0.1, 0.15) is 16.9 Å². The Kier molecular flexibility index (Phi) is 4.67. The van der Waals surface area contributed by atoms with Crippen molar-refractivity contribution in [3.8, 4) is 5.69 Å². The lowest BCUT2D eigenvalue weighted by Crippen LogP contribution is -2.29. The van der Waals surface area contributed by atoms with Gasteiger partial charge in [-0.1, -0.05) is 11.6 Å². The largest absolute Gasteiger partial charge is 0.465 e. The second-order valence-corrected chi connectivity index (χ2v) is 6.10.